The van der Waals surface area contributed by atoms with E-state index in [0.29, 0.717) is 17.3 Å². The highest BCUT2D eigenvalue weighted by Gasteiger charge is 2.30. The number of hydrogen-bond donors (Lipinski definition) is 1. The van der Waals surface area contributed by atoms with Crippen molar-refractivity contribution in [1.82, 2.24) is 9.71 Å². The van der Waals surface area contributed by atoms with E-state index in [-0.39, 0.29) is 22.4 Å². The van der Waals surface area contributed by atoms with Crippen LogP contribution in [0.1, 0.15) is 25.3 Å². The highest BCUT2D eigenvalue weighted by Crippen LogP contribution is 2.26. The number of hydrogen-bond acceptors (Lipinski definition) is 7. The topological polar surface area (TPSA) is 98.5 Å². The molecule has 30 heavy (non-hydrogen) atoms. The van der Waals surface area contributed by atoms with E-state index >= 15 is 0 Å². The Morgan fingerprint density at radius 2 is 2.07 bits per heavy atom. The fraction of sp³-hybridized carbons (Fsp3) is 0.300. The van der Waals surface area contributed by atoms with E-state index in [0.717, 1.165) is 4.88 Å². The number of ether oxygens (including phenoxy) is 1. The number of rotatable bonds is 8. The van der Waals surface area contributed by atoms with Crippen LogP contribution >= 0.6 is 22.9 Å². The summed E-state index contributed by atoms with van der Waals surface area (Å²) in [6.45, 7) is 5.06. The first-order chi connectivity index (χ1) is 14.2. The van der Waals surface area contributed by atoms with Crippen LogP contribution in [0.4, 0.5) is 0 Å². The van der Waals surface area contributed by atoms with Gasteiger partial charge in [0.2, 0.25) is 15.9 Å². The zero-order chi connectivity index (χ0) is 21.9. The zero-order valence-electron chi connectivity index (χ0n) is 16.6. The van der Waals surface area contributed by atoms with E-state index in [1.807, 2.05) is 17.5 Å². The summed E-state index contributed by atoms with van der Waals surface area (Å²) in [5.41, 5.74) is 0.479. The zero-order valence-corrected chi connectivity index (χ0v) is 19.0. The Morgan fingerprint density at radius 3 is 2.70 bits per heavy atom. The molecule has 0 aliphatic heterocycles. The molecule has 0 saturated heterocycles. The lowest BCUT2D eigenvalue weighted by atomic mass is 10.1. The van der Waals surface area contributed by atoms with Crippen LogP contribution in [0.3, 0.4) is 0 Å². The molecule has 0 saturated carbocycles. The second-order valence-corrected chi connectivity index (χ2v) is 10.0. The van der Waals surface area contributed by atoms with Gasteiger partial charge in [-0.15, -0.1) is 11.3 Å². The van der Waals surface area contributed by atoms with Crippen molar-refractivity contribution in [2.45, 2.75) is 38.3 Å². The number of aryl methyl sites for hydroxylation is 1. The average Bonchev–Trinajstić information content (AvgIpc) is 3.34. The van der Waals surface area contributed by atoms with Crippen molar-refractivity contribution < 1.29 is 22.4 Å². The molecule has 2 aromatic heterocycles. The number of oxazole rings is 1. The Kier molecular flexibility index (Phi) is 6.97. The third-order valence-corrected chi connectivity index (χ3v) is 6.82. The predicted molar refractivity (Wildman–Crippen MR) is 115 cm³/mol. The maximum atomic E-state index is 12.7. The monoisotopic (exact) mass is 468 g/mol. The Balaban J connectivity index is 1.71. The average molecular weight is 469 g/mol. The maximum absolute atomic E-state index is 12.7. The molecule has 2 heterocycles. The fourth-order valence-corrected chi connectivity index (χ4v) is 4.91. The van der Waals surface area contributed by atoms with Crippen molar-refractivity contribution in [2.75, 3.05) is 0 Å². The summed E-state index contributed by atoms with van der Waals surface area (Å²) < 4.78 is 38.7. The quantitative estimate of drug-likeness (QED) is 0.491. The standard InChI is InChI=1S/C20H21ClN2O5S2/c1-12(2)18(23-30(25,26)15-7-4-6-14(21)10-15)20(24)27-11-16-13(3)28-19(22-16)17-8-5-9-29-17/h4-10,12,18,23H,11H2,1-3H3. The SMILES string of the molecule is Cc1oc(-c2cccs2)nc1COC(=O)C(NS(=O)(=O)c1cccc(Cl)c1)C(C)C. The number of sulfonamides is 1. The largest absolute Gasteiger partial charge is 0.458 e. The van der Waals surface area contributed by atoms with Gasteiger partial charge >= 0.3 is 5.97 Å². The van der Waals surface area contributed by atoms with Crippen LogP contribution in [0.15, 0.2) is 51.1 Å². The number of nitrogens with one attached hydrogen (secondary N) is 1. The van der Waals surface area contributed by atoms with Gasteiger partial charge in [0, 0.05) is 5.02 Å². The minimum atomic E-state index is -3.96. The first kappa shape index (κ1) is 22.5. The van der Waals surface area contributed by atoms with E-state index in [1.54, 1.807) is 26.8 Å². The first-order valence-corrected chi connectivity index (χ1v) is 11.9. The number of carbonyl (C=O) groups excluding carboxylic acids is 1. The normalized spacial score (nSPS) is 12.8. The Bertz CT molecular complexity index is 1120. The van der Waals surface area contributed by atoms with Gasteiger partial charge in [0.1, 0.15) is 24.1 Å². The van der Waals surface area contributed by atoms with E-state index in [9.17, 15) is 13.2 Å². The number of aromatic nitrogens is 1. The molecule has 160 valence electrons. The highest BCUT2D eigenvalue weighted by molar-refractivity contribution is 7.89. The molecule has 1 N–H and O–H groups in total. The summed E-state index contributed by atoms with van der Waals surface area (Å²) >= 11 is 7.37. The number of benzene rings is 1. The van der Waals surface area contributed by atoms with E-state index in [1.165, 1.54) is 29.5 Å². The van der Waals surface area contributed by atoms with E-state index in [2.05, 4.69) is 9.71 Å². The second-order valence-electron chi connectivity index (χ2n) is 6.91. The summed E-state index contributed by atoms with van der Waals surface area (Å²) in [4.78, 5) is 17.9. The predicted octanol–water partition coefficient (Wildman–Crippen LogP) is 4.41. The summed E-state index contributed by atoms with van der Waals surface area (Å²) in [6, 6.07) is 8.51. The lowest BCUT2D eigenvalue weighted by molar-refractivity contribution is -0.148. The summed E-state index contributed by atoms with van der Waals surface area (Å²) in [6.07, 6.45) is 0. The molecule has 0 spiro atoms. The van der Waals surface area contributed by atoms with Crippen molar-refractivity contribution in [3.05, 3.63) is 58.3 Å². The molecule has 0 bridgehead atoms. The number of esters is 1. The summed E-state index contributed by atoms with van der Waals surface area (Å²) in [7, 11) is -3.96. The minimum absolute atomic E-state index is 0.0265. The molecule has 0 radical (unpaired) electrons. The molecule has 0 aliphatic carbocycles. The van der Waals surface area contributed by atoms with Gasteiger partial charge < -0.3 is 9.15 Å². The van der Waals surface area contributed by atoms with E-state index in [4.69, 9.17) is 20.8 Å². The Labute approximate surface area is 184 Å². The Hall–Kier alpha value is -2.20. The van der Waals surface area contributed by atoms with Gasteiger partial charge in [-0.25, -0.2) is 13.4 Å². The number of thiophene rings is 1. The molecule has 7 nitrogen and oxygen atoms in total. The van der Waals surface area contributed by atoms with Crippen LogP contribution in [0.25, 0.3) is 10.8 Å². The van der Waals surface area contributed by atoms with Gasteiger partial charge in [-0.2, -0.15) is 4.72 Å². The van der Waals surface area contributed by atoms with Gasteiger partial charge in [0.15, 0.2) is 0 Å². The van der Waals surface area contributed by atoms with Crippen LogP contribution in [0.5, 0.6) is 0 Å². The molecule has 1 unspecified atom stereocenters. The fourth-order valence-electron chi connectivity index (χ4n) is 2.62. The van der Waals surface area contributed by atoms with Gasteiger partial charge in [0.25, 0.3) is 0 Å². The van der Waals surface area contributed by atoms with Gasteiger partial charge in [0.05, 0.1) is 9.77 Å². The van der Waals surface area contributed by atoms with Crippen LogP contribution in [-0.2, 0) is 26.2 Å². The van der Waals surface area contributed by atoms with E-state index < -0.39 is 22.0 Å². The molecule has 3 rings (SSSR count). The number of halogens is 1. The lowest BCUT2D eigenvalue weighted by Gasteiger charge is -2.20. The molecular weight excluding hydrogens is 448 g/mol. The van der Waals surface area contributed by atoms with Crippen molar-refractivity contribution in [3.8, 4) is 10.8 Å². The first-order valence-electron chi connectivity index (χ1n) is 9.12. The smallest absolute Gasteiger partial charge is 0.324 e. The van der Waals surface area contributed by atoms with Crippen molar-refractivity contribution in [2.24, 2.45) is 5.92 Å². The van der Waals surface area contributed by atoms with Crippen molar-refractivity contribution >= 4 is 38.9 Å². The molecule has 0 fully saturated rings. The minimum Gasteiger partial charge on any atom is -0.458 e. The van der Waals surface area contributed by atoms with Crippen molar-refractivity contribution in [3.63, 3.8) is 0 Å². The third kappa shape index (κ3) is 5.28. The lowest BCUT2D eigenvalue weighted by Crippen LogP contribution is -2.45. The Morgan fingerprint density at radius 1 is 1.30 bits per heavy atom. The van der Waals surface area contributed by atoms with Crippen LogP contribution in [0, 0.1) is 12.8 Å². The van der Waals surface area contributed by atoms with Crippen LogP contribution < -0.4 is 4.72 Å². The second kappa shape index (κ2) is 9.30. The number of nitrogens with zero attached hydrogens (tertiary/aromatic N) is 1. The molecule has 0 aliphatic rings. The van der Waals surface area contributed by atoms with Gasteiger partial charge in [-0.3, -0.25) is 4.79 Å². The van der Waals surface area contributed by atoms with Gasteiger partial charge in [-0.05, 0) is 42.5 Å². The van der Waals surface area contributed by atoms with Crippen LogP contribution in [0.2, 0.25) is 5.02 Å². The summed E-state index contributed by atoms with van der Waals surface area (Å²) in [5, 5.41) is 2.19. The molecule has 1 aromatic carbocycles. The molecule has 3 aromatic rings. The maximum Gasteiger partial charge on any atom is 0.324 e. The molecule has 1 atom stereocenters. The van der Waals surface area contributed by atoms with Gasteiger partial charge in [-0.1, -0.05) is 37.6 Å². The van der Waals surface area contributed by atoms with Crippen molar-refractivity contribution in [1.29, 1.82) is 0 Å². The summed E-state index contributed by atoms with van der Waals surface area (Å²) in [5.74, 6) is -0.0513. The highest BCUT2D eigenvalue weighted by atomic mass is 35.5. The number of carbonyl (C=O) groups is 1. The van der Waals surface area contributed by atoms with Crippen LogP contribution in [-0.4, -0.2) is 25.4 Å². The molecule has 0 amide bonds. The third-order valence-electron chi connectivity index (χ3n) is 4.28. The molecule has 10 heteroatoms. The molecular formula is C20H21ClN2O5S2.